The average molecular weight is 604 g/mol. The topological polar surface area (TPSA) is 77.5 Å². The van der Waals surface area contributed by atoms with Crippen LogP contribution in [-0.2, 0) is 16.1 Å². The maximum absolute atomic E-state index is 13.4. The van der Waals surface area contributed by atoms with Crippen LogP contribution < -0.4 is 23.8 Å². The van der Waals surface area contributed by atoms with E-state index in [0.717, 1.165) is 10.0 Å². The molecule has 0 radical (unpaired) electrons. The zero-order chi connectivity index (χ0) is 27.4. The summed E-state index contributed by atoms with van der Waals surface area (Å²) in [6.07, 6.45) is 0.103. The van der Waals surface area contributed by atoms with Crippen molar-refractivity contribution in [3.05, 3.63) is 69.7 Å². The molecule has 1 fully saturated rings. The molecule has 200 valence electrons. The van der Waals surface area contributed by atoms with Crippen molar-refractivity contribution in [3.63, 3.8) is 0 Å². The number of halogens is 2. The van der Waals surface area contributed by atoms with Crippen molar-refractivity contribution in [2.75, 3.05) is 39.8 Å². The number of benzene rings is 3. The summed E-state index contributed by atoms with van der Waals surface area (Å²) in [5.74, 6) is 1.70. The van der Waals surface area contributed by atoms with Crippen molar-refractivity contribution in [3.8, 4) is 28.7 Å². The highest BCUT2D eigenvalue weighted by molar-refractivity contribution is 9.10. The molecule has 0 aliphatic carbocycles. The first-order chi connectivity index (χ1) is 18.2. The number of rotatable bonds is 9. The highest BCUT2D eigenvalue weighted by Crippen LogP contribution is 2.42. The number of amides is 2. The van der Waals surface area contributed by atoms with Gasteiger partial charge in [-0.3, -0.25) is 9.59 Å². The van der Waals surface area contributed by atoms with Crippen LogP contribution in [0, 0.1) is 5.92 Å². The largest absolute Gasteiger partial charge is 0.493 e. The highest BCUT2D eigenvalue weighted by Gasteiger charge is 2.37. The predicted octanol–water partition coefficient (Wildman–Crippen LogP) is 5.93. The van der Waals surface area contributed by atoms with E-state index in [4.69, 9.17) is 30.5 Å². The maximum Gasteiger partial charge on any atom is 0.228 e. The lowest BCUT2D eigenvalue weighted by molar-refractivity contribution is -0.135. The predicted molar refractivity (Wildman–Crippen MR) is 149 cm³/mol. The molecule has 1 aliphatic heterocycles. The Morgan fingerprint density at radius 2 is 1.74 bits per heavy atom. The van der Waals surface area contributed by atoms with Crippen LogP contribution in [0.4, 0.5) is 5.69 Å². The van der Waals surface area contributed by atoms with E-state index in [1.54, 1.807) is 41.1 Å². The number of nitrogens with zero attached hydrogens (tertiary/aromatic N) is 2. The molecule has 1 saturated heterocycles. The summed E-state index contributed by atoms with van der Waals surface area (Å²) in [6.45, 7) is 0.545. The molecule has 10 heteroatoms. The fraction of sp³-hybridized carbons (Fsp3) is 0.286. The van der Waals surface area contributed by atoms with Crippen LogP contribution in [-0.4, -0.2) is 51.6 Å². The number of methoxy groups -OCH3 is 3. The van der Waals surface area contributed by atoms with Crippen molar-refractivity contribution >= 4 is 45.0 Å². The lowest BCUT2D eigenvalue weighted by Crippen LogP contribution is -2.34. The van der Waals surface area contributed by atoms with Gasteiger partial charge in [0.05, 0.1) is 32.9 Å². The molecule has 3 aromatic rings. The summed E-state index contributed by atoms with van der Waals surface area (Å²) in [4.78, 5) is 29.6. The molecule has 2 amide bonds. The highest BCUT2D eigenvalue weighted by atomic mass is 79.9. The molecule has 8 nitrogen and oxygen atoms in total. The van der Waals surface area contributed by atoms with E-state index in [-0.39, 0.29) is 24.8 Å². The fourth-order valence-corrected chi connectivity index (χ4v) is 4.92. The Hall–Kier alpha value is -3.43. The van der Waals surface area contributed by atoms with Gasteiger partial charge in [-0.15, -0.1) is 0 Å². The van der Waals surface area contributed by atoms with Gasteiger partial charge in [0.15, 0.2) is 11.5 Å². The van der Waals surface area contributed by atoms with Crippen molar-refractivity contribution in [1.29, 1.82) is 0 Å². The molecule has 0 N–H and O–H groups in total. The molecular weight excluding hydrogens is 576 g/mol. The van der Waals surface area contributed by atoms with Crippen molar-refractivity contribution in [2.24, 2.45) is 5.92 Å². The van der Waals surface area contributed by atoms with Crippen LogP contribution in [0.5, 0.6) is 28.7 Å². The van der Waals surface area contributed by atoms with Gasteiger partial charge in [-0.1, -0.05) is 39.7 Å². The second kappa shape index (κ2) is 12.0. The van der Waals surface area contributed by atoms with Crippen LogP contribution in [0.1, 0.15) is 12.0 Å². The van der Waals surface area contributed by atoms with E-state index >= 15 is 0 Å². The molecule has 4 rings (SSSR count). The lowest BCUT2D eigenvalue weighted by Gasteiger charge is -2.23. The van der Waals surface area contributed by atoms with Crippen molar-refractivity contribution in [1.82, 2.24) is 4.90 Å². The third-order valence-corrected chi connectivity index (χ3v) is 7.00. The van der Waals surface area contributed by atoms with E-state index < -0.39 is 5.92 Å². The Bertz CT molecular complexity index is 1330. The number of carbonyl (C=O) groups is 2. The van der Waals surface area contributed by atoms with Gasteiger partial charge in [0, 0.05) is 53.7 Å². The average Bonchev–Trinajstić information content (AvgIpc) is 3.30. The van der Waals surface area contributed by atoms with Gasteiger partial charge in [-0.2, -0.15) is 0 Å². The summed E-state index contributed by atoms with van der Waals surface area (Å²) in [5.41, 5.74) is 1.39. The smallest absolute Gasteiger partial charge is 0.228 e. The molecule has 3 aromatic carbocycles. The molecule has 1 unspecified atom stereocenters. The minimum atomic E-state index is -0.501. The van der Waals surface area contributed by atoms with Crippen LogP contribution in [0.3, 0.4) is 0 Å². The van der Waals surface area contributed by atoms with E-state index in [0.29, 0.717) is 46.0 Å². The molecule has 0 saturated carbocycles. The van der Waals surface area contributed by atoms with Crippen LogP contribution in [0.2, 0.25) is 5.02 Å². The lowest BCUT2D eigenvalue weighted by atomic mass is 10.1. The molecule has 1 heterocycles. The SMILES string of the molecule is COc1cc(N2CC(C(=O)N(C)Cc3ccc(Br)cc3Oc3cccc(Cl)c3)CC2=O)cc(OC)c1OC. The van der Waals surface area contributed by atoms with Gasteiger partial charge in [0.2, 0.25) is 17.6 Å². The molecule has 0 spiro atoms. The van der Waals surface area contributed by atoms with E-state index in [1.165, 1.54) is 21.3 Å². The molecule has 1 aliphatic rings. The zero-order valence-electron chi connectivity index (χ0n) is 21.5. The quantitative estimate of drug-likeness (QED) is 0.302. The first-order valence-electron chi connectivity index (χ1n) is 11.8. The summed E-state index contributed by atoms with van der Waals surface area (Å²) in [7, 11) is 6.27. The minimum Gasteiger partial charge on any atom is -0.493 e. The molecule has 38 heavy (non-hydrogen) atoms. The normalized spacial score (nSPS) is 14.8. The third-order valence-electron chi connectivity index (χ3n) is 6.27. The first-order valence-corrected chi connectivity index (χ1v) is 13.0. The number of ether oxygens (including phenoxy) is 4. The number of hydrogen-bond donors (Lipinski definition) is 0. The molecule has 0 bridgehead atoms. The van der Waals surface area contributed by atoms with Gasteiger partial charge in [0.25, 0.3) is 0 Å². The number of hydrogen-bond acceptors (Lipinski definition) is 6. The van der Waals surface area contributed by atoms with Crippen LogP contribution in [0.25, 0.3) is 0 Å². The van der Waals surface area contributed by atoms with Gasteiger partial charge in [-0.05, 0) is 30.3 Å². The second-order valence-corrected chi connectivity index (χ2v) is 10.1. The summed E-state index contributed by atoms with van der Waals surface area (Å²) >= 11 is 9.59. The van der Waals surface area contributed by atoms with E-state index in [9.17, 15) is 9.59 Å². The first kappa shape index (κ1) is 27.6. The van der Waals surface area contributed by atoms with Gasteiger partial charge in [0.1, 0.15) is 11.5 Å². The van der Waals surface area contributed by atoms with Gasteiger partial charge >= 0.3 is 0 Å². The summed E-state index contributed by atoms with van der Waals surface area (Å²) < 4.78 is 23.1. The number of carbonyl (C=O) groups excluding carboxylic acids is 2. The minimum absolute atomic E-state index is 0.103. The summed E-state index contributed by atoms with van der Waals surface area (Å²) in [5, 5.41) is 0.564. The van der Waals surface area contributed by atoms with Crippen LogP contribution in [0.15, 0.2) is 59.1 Å². The van der Waals surface area contributed by atoms with Crippen molar-refractivity contribution < 1.29 is 28.5 Å². The van der Waals surface area contributed by atoms with Crippen molar-refractivity contribution in [2.45, 2.75) is 13.0 Å². The second-order valence-electron chi connectivity index (χ2n) is 8.79. The van der Waals surface area contributed by atoms with Gasteiger partial charge < -0.3 is 28.7 Å². The fourth-order valence-electron chi connectivity index (χ4n) is 4.40. The van der Waals surface area contributed by atoms with E-state index in [2.05, 4.69) is 15.9 Å². The Morgan fingerprint density at radius 1 is 1.03 bits per heavy atom. The molecule has 0 aromatic heterocycles. The Labute approximate surface area is 235 Å². The van der Waals surface area contributed by atoms with E-state index in [1.807, 2.05) is 30.3 Å². The standard InChI is InChI=1S/C28H28BrClN2O6/c1-31(15-17-8-9-19(29)11-23(17)38-22-7-5-6-20(30)12-22)28(34)18-10-26(33)32(16-18)21-13-24(35-2)27(37-4)25(14-21)36-3/h5-9,11-14,18H,10,15-16H2,1-4H3. The maximum atomic E-state index is 13.4. The zero-order valence-corrected chi connectivity index (χ0v) is 23.8. The molecular formula is C28H28BrClN2O6. The monoisotopic (exact) mass is 602 g/mol. The Balaban J connectivity index is 1.50. The van der Waals surface area contributed by atoms with Crippen LogP contribution >= 0.6 is 27.5 Å². The summed E-state index contributed by atoms with van der Waals surface area (Å²) in [6, 6.07) is 16.2. The third kappa shape index (κ3) is 6.00. The Kier molecular flexibility index (Phi) is 8.69. The molecule has 1 atom stereocenters. The van der Waals surface area contributed by atoms with Gasteiger partial charge in [-0.25, -0.2) is 0 Å². The Morgan fingerprint density at radius 3 is 2.37 bits per heavy atom. The number of anilines is 1.